The fourth-order valence-electron chi connectivity index (χ4n) is 1.67. The van der Waals surface area contributed by atoms with Crippen molar-refractivity contribution in [2.24, 2.45) is 5.73 Å². The van der Waals surface area contributed by atoms with Gasteiger partial charge in [-0.1, -0.05) is 12.2 Å². The second kappa shape index (κ2) is 8.47. The van der Waals surface area contributed by atoms with Gasteiger partial charge in [-0.2, -0.15) is 0 Å². The summed E-state index contributed by atoms with van der Waals surface area (Å²) in [6.07, 6.45) is 0. The van der Waals surface area contributed by atoms with E-state index in [4.69, 9.17) is 27.4 Å². The highest BCUT2D eigenvalue weighted by Crippen LogP contribution is 2.24. The minimum absolute atomic E-state index is 0.388. The highest BCUT2D eigenvalue weighted by atomic mass is 79.9. The van der Waals surface area contributed by atoms with Crippen molar-refractivity contribution >= 4 is 38.8 Å². The van der Waals surface area contributed by atoms with Crippen LogP contribution in [-0.2, 0) is 9.47 Å². The maximum atomic E-state index is 5.65. The van der Waals surface area contributed by atoms with Crippen molar-refractivity contribution in [1.29, 1.82) is 0 Å². The molecule has 0 unspecified atom stereocenters. The average Bonchev–Trinajstić information content (AvgIpc) is 2.38. The van der Waals surface area contributed by atoms with Crippen LogP contribution in [-0.4, -0.2) is 45.5 Å². The molecule has 0 radical (unpaired) electrons. The molecule has 0 saturated heterocycles. The fraction of sp³-hybridized carbons (Fsp3) is 0.462. The van der Waals surface area contributed by atoms with Gasteiger partial charge in [-0.3, -0.25) is 0 Å². The van der Waals surface area contributed by atoms with Crippen molar-refractivity contribution in [3.8, 4) is 0 Å². The minimum atomic E-state index is 0.388. The Morgan fingerprint density at radius 2 is 1.84 bits per heavy atom. The molecule has 1 rings (SSSR count). The molecule has 1 aromatic rings. The average molecular weight is 347 g/mol. The molecule has 0 aliphatic rings. The summed E-state index contributed by atoms with van der Waals surface area (Å²) in [5.74, 6) is 0. The SMILES string of the molecule is COCCN(CCOC)c1ccc(C(N)=S)c(Br)c1. The van der Waals surface area contributed by atoms with E-state index in [0.29, 0.717) is 18.2 Å². The first kappa shape index (κ1) is 16.4. The second-order valence-corrected chi connectivity index (χ2v) is 5.30. The zero-order valence-electron chi connectivity index (χ0n) is 11.2. The Morgan fingerprint density at radius 3 is 2.26 bits per heavy atom. The molecular formula is C13H19BrN2O2S. The summed E-state index contributed by atoms with van der Waals surface area (Å²) in [7, 11) is 3.39. The van der Waals surface area contributed by atoms with Gasteiger partial charge in [0.05, 0.1) is 13.2 Å². The van der Waals surface area contributed by atoms with E-state index in [2.05, 4.69) is 20.8 Å². The number of methoxy groups -OCH3 is 2. The first-order valence-corrected chi connectivity index (χ1v) is 7.12. The van der Waals surface area contributed by atoms with Gasteiger partial charge in [0.15, 0.2) is 0 Å². The Labute approximate surface area is 128 Å². The number of rotatable bonds is 8. The molecule has 0 atom stereocenters. The van der Waals surface area contributed by atoms with Gasteiger partial charge >= 0.3 is 0 Å². The molecule has 1 aromatic carbocycles. The van der Waals surface area contributed by atoms with Gasteiger partial charge in [0, 0.05) is 43.0 Å². The third kappa shape index (κ3) is 5.06. The van der Waals surface area contributed by atoms with Gasteiger partial charge in [-0.05, 0) is 34.1 Å². The van der Waals surface area contributed by atoms with Crippen molar-refractivity contribution in [2.45, 2.75) is 0 Å². The van der Waals surface area contributed by atoms with E-state index in [1.165, 1.54) is 0 Å². The van der Waals surface area contributed by atoms with Crippen molar-refractivity contribution < 1.29 is 9.47 Å². The van der Waals surface area contributed by atoms with E-state index < -0.39 is 0 Å². The summed E-state index contributed by atoms with van der Waals surface area (Å²) in [5.41, 5.74) is 7.58. The van der Waals surface area contributed by atoms with E-state index in [1.807, 2.05) is 18.2 Å². The minimum Gasteiger partial charge on any atom is -0.389 e. The smallest absolute Gasteiger partial charge is 0.105 e. The molecule has 6 heteroatoms. The van der Waals surface area contributed by atoms with Crippen LogP contribution in [0.2, 0.25) is 0 Å². The van der Waals surface area contributed by atoms with Crippen molar-refractivity contribution in [3.05, 3.63) is 28.2 Å². The number of benzene rings is 1. The Bertz CT molecular complexity index is 421. The molecule has 0 amide bonds. The van der Waals surface area contributed by atoms with Crippen molar-refractivity contribution in [3.63, 3.8) is 0 Å². The van der Waals surface area contributed by atoms with Crippen LogP contribution in [0.15, 0.2) is 22.7 Å². The first-order chi connectivity index (χ1) is 9.10. The number of hydrogen-bond acceptors (Lipinski definition) is 4. The summed E-state index contributed by atoms with van der Waals surface area (Å²) in [6, 6.07) is 5.94. The zero-order valence-corrected chi connectivity index (χ0v) is 13.6. The van der Waals surface area contributed by atoms with Gasteiger partial charge in [-0.15, -0.1) is 0 Å². The van der Waals surface area contributed by atoms with Crippen LogP contribution in [0.5, 0.6) is 0 Å². The van der Waals surface area contributed by atoms with Crippen LogP contribution in [0.1, 0.15) is 5.56 Å². The largest absolute Gasteiger partial charge is 0.389 e. The maximum Gasteiger partial charge on any atom is 0.105 e. The number of halogens is 1. The monoisotopic (exact) mass is 346 g/mol. The van der Waals surface area contributed by atoms with Crippen LogP contribution < -0.4 is 10.6 Å². The summed E-state index contributed by atoms with van der Waals surface area (Å²) < 4.78 is 11.2. The number of nitrogens with two attached hydrogens (primary N) is 1. The number of hydrogen-bond donors (Lipinski definition) is 1. The van der Waals surface area contributed by atoms with E-state index in [0.717, 1.165) is 28.8 Å². The lowest BCUT2D eigenvalue weighted by atomic mass is 10.2. The highest BCUT2D eigenvalue weighted by Gasteiger charge is 2.09. The van der Waals surface area contributed by atoms with E-state index in [9.17, 15) is 0 Å². The van der Waals surface area contributed by atoms with E-state index in [1.54, 1.807) is 14.2 Å². The van der Waals surface area contributed by atoms with Crippen molar-refractivity contribution in [1.82, 2.24) is 0 Å². The standard InChI is InChI=1S/C13H19BrN2O2S/c1-17-7-5-16(6-8-18-2)10-3-4-11(13(15)19)12(14)9-10/h3-4,9H,5-8H2,1-2H3,(H2,15,19). The second-order valence-electron chi connectivity index (χ2n) is 4.00. The number of nitrogens with zero attached hydrogens (tertiary/aromatic N) is 1. The predicted octanol–water partition coefficient (Wildman–Crippen LogP) is 2.18. The van der Waals surface area contributed by atoms with Crippen LogP contribution in [0, 0.1) is 0 Å². The lowest BCUT2D eigenvalue weighted by Crippen LogP contribution is -2.30. The Kier molecular flexibility index (Phi) is 7.30. The third-order valence-corrected chi connectivity index (χ3v) is 3.59. The fourth-order valence-corrected chi connectivity index (χ4v) is 2.56. The summed E-state index contributed by atoms with van der Waals surface area (Å²) in [5, 5.41) is 0. The summed E-state index contributed by atoms with van der Waals surface area (Å²) >= 11 is 8.49. The van der Waals surface area contributed by atoms with Crippen LogP contribution in [0.3, 0.4) is 0 Å². The lowest BCUT2D eigenvalue weighted by Gasteiger charge is -2.24. The van der Waals surface area contributed by atoms with Gasteiger partial charge in [-0.25, -0.2) is 0 Å². The Balaban J connectivity index is 2.88. The maximum absolute atomic E-state index is 5.65. The molecule has 0 spiro atoms. The molecule has 4 nitrogen and oxygen atoms in total. The van der Waals surface area contributed by atoms with Gasteiger partial charge in [0.25, 0.3) is 0 Å². The highest BCUT2D eigenvalue weighted by molar-refractivity contribution is 9.10. The molecule has 0 fully saturated rings. The van der Waals surface area contributed by atoms with Crippen LogP contribution in [0.25, 0.3) is 0 Å². The molecule has 0 aliphatic heterocycles. The normalized spacial score (nSPS) is 10.5. The molecule has 106 valence electrons. The van der Waals surface area contributed by atoms with Gasteiger partial charge < -0.3 is 20.1 Å². The lowest BCUT2D eigenvalue weighted by molar-refractivity contribution is 0.190. The third-order valence-electron chi connectivity index (χ3n) is 2.71. The van der Waals surface area contributed by atoms with Crippen LogP contribution in [0.4, 0.5) is 5.69 Å². The molecule has 0 aromatic heterocycles. The molecule has 0 bridgehead atoms. The summed E-state index contributed by atoms with van der Waals surface area (Å²) in [6.45, 7) is 2.94. The number of thiocarbonyl (C=S) groups is 1. The topological polar surface area (TPSA) is 47.7 Å². The zero-order chi connectivity index (χ0) is 14.3. The Hall–Kier alpha value is -0.690. The van der Waals surface area contributed by atoms with Crippen molar-refractivity contribution in [2.75, 3.05) is 45.4 Å². The van der Waals surface area contributed by atoms with E-state index in [-0.39, 0.29) is 0 Å². The molecule has 2 N–H and O–H groups in total. The van der Waals surface area contributed by atoms with E-state index >= 15 is 0 Å². The first-order valence-electron chi connectivity index (χ1n) is 5.92. The van der Waals surface area contributed by atoms with Crippen LogP contribution >= 0.6 is 28.1 Å². The molecule has 0 saturated carbocycles. The molecule has 0 aliphatic carbocycles. The Morgan fingerprint density at radius 1 is 1.26 bits per heavy atom. The number of anilines is 1. The molecular weight excluding hydrogens is 328 g/mol. The molecule has 0 heterocycles. The van der Waals surface area contributed by atoms with Gasteiger partial charge in [0.2, 0.25) is 0 Å². The summed E-state index contributed by atoms with van der Waals surface area (Å²) in [4.78, 5) is 2.58. The number of ether oxygens (including phenoxy) is 2. The molecule has 19 heavy (non-hydrogen) atoms. The quantitative estimate of drug-likeness (QED) is 0.731. The predicted molar refractivity (Wildman–Crippen MR) is 86.0 cm³/mol. The van der Waals surface area contributed by atoms with Gasteiger partial charge in [0.1, 0.15) is 4.99 Å².